The van der Waals surface area contributed by atoms with Crippen molar-refractivity contribution in [3.8, 4) is 11.5 Å². The number of piperazine rings is 1. The van der Waals surface area contributed by atoms with Crippen molar-refractivity contribution in [2.24, 2.45) is 0 Å². The number of aromatic nitrogens is 1. The lowest BCUT2D eigenvalue weighted by molar-refractivity contribution is -0.127. The van der Waals surface area contributed by atoms with Crippen LogP contribution in [0.3, 0.4) is 0 Å². The molecule has 104 valence electrons. The highest BCUT2D eigenvalue weighted by Crippen LogP contribution is 2.21. The van der Waals surface area contributed by atoms with Gasteiger partial charge in [-0.3, -0.25) is 9.59 Å². The van der Waals surface area contributed by atoms with Gasteiger partial charge in [-0.25, -0.2) is 0 Å². The third kappa shape index (κ3) is 2.07. The summed E-state index contributed by atoms with van der Waals surface area (Å²) in [6.07, 6.45) is 1.51. The summed E-state index contributed by atoms with van der Waals surface area (Å²) < 4.78 is 10.3. The average molecular weight is 275 g/mol. The van der Waals surface area contributed by atoms with Crippen LogP contribution in [0.25, 0.3) is 11.5 Å². The van der Waals surface area contributed by atoms with Crippen LogP contribution in [-0.4, -0.2) is 41.0 Å². The van der Waals surface area contributed by atoms with E-state index in [1.807, 2.05) is 0 Å². The molecule has 1 atom stereocenters. The van der Waals surface area contributed by atoms with Gasteiger partial charge in [0.2, 0.25) is 11.7 Å². The molecule has 1 saturated heterocycles. The summed E-state index contributed by atoms with van der Waals surface area (Å²) in [5.74, 6) is 0.390. The number of carbonyl (C=O) groups is 2. The Hall–Kier alpha value is -2.57. The molecule has 3 rings (SSSR count). The smallest absolute Gasteiger partial charge is 0.276 e. The molecule has 0 aliphatic carbocycles. The molecule has 1 aliphatic rings. The Balaban J connectivity index is 1.82. The molecule has 20 heavy (non-hydrogen) atoms. The van der Waals surface area contributed by atoms with E-state index in [4.69, 9.17) is 8.94 Å². The largest absolute Gasteiger partial charge is 0.461 e. The minimum Gasteiger partial charge on any atom is -0.461 e. The zero-order valence-corrected chi connectivity index (χ0v) is 10.8. The fourth-order valence-electron chi connectivity index (χ4n) is 2.12. The van der Waals surface area contributed by atoms with Gasteiger partial charge in [-0.05, 0) is 19.1 Å². The van der Waals surface area contributed by atoms with Crippen molar-refractivity contribution in [3.05, 3.63) is 30.2 Å². The van der Waals surface area contributed by atoms with E-state index in [0.29, 0.717) is 24.6 Å². The molecule has 3 heterocycles. The molecule has 1 aliphatic heterocycles. The van der Waals surface area contributed by atoms with Crippen molar-refractivity contribution in [1.29, 1.82) is 0 Å². The van der Waals surface area contributed by atoms with Crippen molar-refractivity contribution < 1.29 is 18.5 Å². The molecule has 7 heteroatoms. The number of hydrogen-bond acceptors (Lipinski definition) is 5. The van der Waals surface area contributed by atoms with Crippen LogP contribution in [0.5, 0.6) is 0 Å². The third-order valence-electron chi connectivity index (χ3n) is 3.25. The van der Waals surface area contributed by atoms with Crippen molar-refractivity contribution >= 4 is 11.8 Å². The van der Waals surface area contributed by atoms with Crippen molar-refractivity contribution in [1.82, 2.24) is 15.4 Å². The van der Waals surface area contributed by atoms with Crippen LogP contribution >= 0.6 is 0 Å². The number of carbonyl (C=O) groups excluding carboxylic acids is 2. The van der Waals surface area contributed by atoms with E-state index in [-0.39, 0.29) is 17.5 Å². The lowest BCUT2D eigenvalue weighted by Crippen LogP contribution is -2.55. The molecule has 0 aromatic carbocycles. The van der Waals surface area contributed by atoms with Gasteiger partial charge in [0.25, 0.3) is 5.91 Å². The molecule has 2 aromatic heterocycles. The summed E-state index contributed by atoms with van der Waals surface area (Å²) in [4.78, 5) is 25.4. The van der Waals surface area contributed by atoms with Gasteiger partial charge in [-0.2, -0.15) is 0 Å². The van der Waals surface area contributed by atoms with E-state index in [0.717, 1.165) is 0 Å². The summed E-state index contributed by atoms with van der Waals surface area (Å²) in [6.45, 7) is 2.58. The Kier molecular flexibility index (Phi) is 3.02. The highest BCUT2D eigenvalue weighted by Gasteiger charge is 2.31. The third-order valence-corrected chi connectivity index (χ3v) is 3.25. The van der Waals surface area contributed by atoms with Gasteiger partial charge in [0, 0.05) is 19.2 Å². The van der Waals surface area contributed by atoms with Crippen LogP contribution in [0.15, 0.2) is 33.4 Å². The molecule has 0 saturated carbocycles. The summed E-state index contributed by atoms with van der Waals surface area (Å²) in [5.41, 5.74) is 0.165. The zero-order chi connectivity index (χ0) is 14.1. The van der Waals surface area contributed by atoms with Gasteiger partial charge in [0.1, 0.15) is 6.04 Å². The molecular formula is C13H13N3O4. The first-order chi connectivity index (χ1) is 9.66. The number of nitrogens with zero attached hydrogens (tertiary/aromatic N) is 2. The van der Waals surface area contributed by atoms with E-state index in [1.54, 1.807) is 19.1 Å². The van der Waals surface area contributed by atoms with E-state index in [1.165, 1.54) is 17.2 Å². The fourth-order valence-corrected chi connectivity index (χ4v) is 2.12. The SMILES string of the molecule is C[C@H]1C(=O)NCCN1C(=O)c1cc(-c2ccco2)on1. The second kappa shape index (κ2) is 4.84. The van der Waals surface area contributed by atoms with Crippen LogP contribution in [0.2, 0.25) is 0 Å². The standard InChI is InChI=1S/C13H13N3O4/c1-8-12(17)14-4-5-16(8)13(18)9-7-11(20-15-9)10-3-2-6-19-10/h2-3,6-8H,4-5H2,1H3,(H,14,17)/t8-/m0/s1. The topological polar surface area (TPSA) is 88.6 Å². The van der Waals surface area contributed by atoms with Gasteiger partial charge in [-0.1, -0.05) is 5.16 Å². The van der Waals surface area contributed by atoms with Gasteiger partial charge in [0.05, 0.1) is 6.26 Å². The minimum absolute atomic E-state index is 0.165. The van der Waals surface area contributed by atoms with Gasteiger partial charge < -0.3 is 19.2 Å². The second-order valence-corrected chi connectivity index (χ2v) is 4.52. The van der Waals surface area contributed by atoms with Crippen molar-refractivity contribution in [3.63, 3.8) is 0 Å². The van der Waals surface area contributed by atoms with Crippen LogP contribution in [0, 0.1) is 0 Å². The first-order valence-electron chi connectivity index (χ1n) is 6.26. The van der Waals surface area contributed by atoms with Crippen LogP contribution in [0.1, 0.15) is 17.4 Å². The Morgan fingerprint density at radius 3 is 3.10 bits per heavy atom. The first kappa shape index (κ1) is 12.5. The average Bonchev–Trinajstić information content (AvgIpc) is 3.11. The normalized spacial score (nSPS) is 18.9. The number of nitrogens with one attached hydrogen (secondary N) is 1. The van der Waals surface area contributed by atoms with E-state index in [9.17, 15) is 9.59 Å². The number of hydrogen-bond donors (Lipinski definition) is 1. The summed E-state index contributed by atoms with van der Waals surface area (Å²) in [6, 6.07) is 4.43. The van der Waals surface area contributed by atoms with Crippen LogP contribution < -0.4 is 5.32 Å². The molecule has 7 nitrogen and oxygen atoms in total. The Morgan fingerprint density at radius 1 is 1.50 bits per heavy atom. The van der Waals surface area contributed by atoms with Crippen LogP contribution in [-0.2, 0) is 4.79 Å². The Morgan fingerprint density at radius 2 is 2.35 bits per heavy atom. The quantitative estimate of drug-likeness (QED) is 0.879. The van der Waals surface area contributed by atoms with E-state index < -0.39 is 6.04 Å². The number of amides is 2. The molecule has 2 aromatic rings. The fraction of sp³-hybridized carbons (Fsp3) is 0.308. The zero-order valence-electron chi connectivity index (χ0n) is 10.8. The molecule has 1 fully saturated rings. The molecule has 0 unspecified atom stereocenters. The molecule has 1 N–H and O–H groups in total. The highest BCUT2D eigenvalue weighted by molar-refractivity contribution is 5.97. The Labute approximate surface area is 114 Å². The summed E-state index contributed by atoms with van der Waals surface area (Å²) in [7, 11) is 0. The maximum absolute atomic E-state index is 12.3. The van der Waals surface area contributed by atoms with E-state index in [2.05, 4.69) is 10.5 Å². The van der Waals surface area contributed by atoms with Crippen molar-refractivity contribution in [2.45, 2.75) is 13.0 Å². The number of rotatable bonds is 2. The predicted octanol–water partition coefficient (Wildman–Crippen LogP) is 0.895. The summed E-state index contributed by atoms with van der Waals surface area (Å²) in [5, 5.41) is 6.45. The van der Waals surface area contributed by atoms with Gasteiger partial charge in [0.15, 0.2) is 11.5 Å². The molecular weight excluding hydrogens is 262 g/mol. The molecule has 0 radical (unpaired) electrons. The molecule has 0 spiro atoms. The summed E-state index contributed by atoms with van der Waals surface area (Å²) >= 11 is 0. The monoisotopic (exact) mass is 275 g/mol. The van der Waals surface area contributed by atoms with E-state index >= 15 is 0 Å². The van der Waals surface area contributed by atoms with Gasteiger partial charge in [-0.15, -0.1) is 0 Å². The first-order valence-corrected chi connectivity index (χ1v) is 6.26. The van der Waals surface area contributed by atoms with Gasteiger partial charge >= 0.3 is 0 Å². The van der Waals surface area contributed by atoms with Crippen molar-refractivity contribution in [2.75, 3.05) is 13.1 Å². The van der Waals surface area contributed by atoms with Crippen LogP contribution in [0.4, 0.5) is 0 Å². The molecule has 0 bridgehead atoms. The predicted molar refractivity (Wildman–Crippen MR) is 67.7 cm³/mol. The Bertz CT molecular complexity index is 632. The maximum atomic E-state index is 12.3. The number of furan rings is 1. The minimum atomic E-state index is -0.514. The lowest BCUT2D eigenvalue weighted by Gasteiger charge is -2.32. The second-order valence-electron chi connectivity index (χ2n) is 4.52. The molecule has 2 amide bonds. The lowest BCUT2D eigenvalue weighted by atomic mass is 10.2. The highest BCUT2D eigenvalue weighted by atomic mass is 16.5. The maximum Gasteiger partial charge on any atom is 0.276 e.